The summed E-state index contributed by atoms with van der Waals surface area (Å²) in [4.78, 5) is 4.88. The zero-order valence-electron chi connectivity index (χ0n) is 18.6. The lowest BCUT2D eigenvalue weighted by molar-refractivity contribution is 0.0495. The molecule has 1 saturated carbocycles. The van der Waals surface area contributed by atoms with E-state index in [0.717, 1.165) is 35.4 Å². The largest absolute Gasteiger partial charge is 0.489 e. The molecule has 0 aliphatic heterocycles. The summed E-state index contributed by atoms with van der Waals surface area (Å²) < 4.78 is 16.6. The van der Waals surface area contributed by atoms with Crippen LogP contribution in [0.1, 0.15) is 72.2 Å². The maximum Gasteiger partial charge on any atom is 0.188 e. The first-order valence-corrected chi connectivity index (χ1v) is 11.2. The van der Waals surface area contributed by atoms with Gasteiger partial charge in [-0.05, 0) is 56.0 Å². The molecule has 168 valence electrons. The molecule has 1 aromatic carbocycles. The van der Waals surface area contributed by atoms with Crippen molar-refractivity contribution in [3.8, 4) is 11.5 Å². The average Bonchev–Trinajstić information content (AvgIpc) is 2.79. The van der Waals surface area contributed by atoms with E-state index in [1.54, 1.807) is 25.3 Å². The van der Waals surface area contributed by atoms with Crippen LogP contribution in [0.5, 0.6) is 11.5 Å². The number of aromatic nitrogens is 1. The predicted octanol–water partition coefficient (Wildman–Crippen LogP) is 6.03. The van der Waals surface area contributed by atoms with Gasteiger partial charge in [0.05, 0.1) is 16.4 Å². The van der Waals surface area contributed by atoms with E-state index in [4.69, 9.17) is 30.8 Å². The maximum absolute atomic E-state index is 11.3. The third-order valence-electron chi connectivity index (χ3n) is 5.99. The Morgan fingerprint density at radius 2 is 1.90 bits per heavy atom. The highest BCUT2D eigenvalue weighted by atomic mass is 35.5. The van der Waals surface area contributed by atoms with Crippen molar-refractivity contribution in [3.05, 3.63) is 64.0 Å². The molecule has 1 aliphatic rings. The molecule has 1 fully saturated rings. The van der Waals surface area contributed by atoms with Crippen LogP contribution in [0.25, 0.3) is 0 Å². The van der Waals surface area contributed by atoms with Crippen molar-refractivity contribution in [2.24, 2.45) is 0 Å². The summed E-state index contributed by atoms with van der Waals surface area (Å²) in [6, 6.07) is 5.44. The fraction of sp³-hybridized carbons (Fsp3) is 0.480. The van der Waals surface area contributed by atoms with E-state index in [2.05, 4.69) is 6.58 Å². The third-order valence-corrected chi connectivity index (χ3v) is 6.31. The normalized spacial score (nSPS) is 15.5. The first kappa shape index (κ1) is 23.6. The van der Waals surface area contributed by atoms with Crippen LogP contribution in [0, 0.1) is 13.8 Å². The molecular formula is C25H32ClNO4. The van der Waals surface area contributed by atoms with Crippen LogP contribution in [-0.2, 0) is 4.74 Å². The monoisotopic (exact) mass is 445 g/mol. The van der Waals surface area contributed by atoms with Crippen molar-refractivity contribution in [1.82, 2.24) is 4.98 Å². The standard InChI is InChI=1S/C25H32ClNO4/c1-5-13-30-22-14-19(26)23(17(3)16(22)2)25(28)20-11-12-21(31-15-29-4)24(27-20)18-9-7-6-8-10-18/h5,11-12,14,18,25,28H,1,6-10,13,15H2,2-4H3. The zero-order chi connectivity index (χ0) is 22.4. The van der Waals surface area contributed by atoms with E-state index in [1.165, 1.54) is 19.3 Å². The number of pyridine rings is 1. The number of halogens is 1. The van der Waals surface area contributed by atoms with Gasteiger partial charge in [0.2, 0.25) is 0 Å². The molecule has 0 amide bonds. The van der Waals surface area contributed by atoms with Gasteiger partial charge in [-0.2, -0.15) is 0 Å². The average molecular weight is 446 g/mol. The molecule has 1 N–H and O–H groups in total. The molecule has 0 bridgehead atoms. The number of aliphatic hydroxyl groups excluding tert-OH is 1. The Morgan fingerprint density at radius 3 is 2.58 bits per heavy atom. The molecule has 1 aromatic heterocycles. The quantitative estimate of drug-likeness (QED) is 0.377. The second-order valence-corrected chi connectivity index (χ2v) is 8.43. The number of ether oxygens (including phenoxy) is 3. The zero-order valence-corrected chi connectivity index (χ0v) is 19.4. The Bertz CT molecular complexity index is 909. The molecule has 3 rings (SSSR count). The Morgan fingerprint density at radius 1 is 1.16 bits per heavy atom. The lowest BCUT2D eigenvalue weighted by atomic mass is 9.86. The second-order valence-electron chi connectivity index (χ2n) is 8.03. The lowest BCUT2D eigenvalue weighted by Gasteiger charge is -2.25. The second kappa shape index (κ2) is 11.0. The SMILES string of the molecule is C=CCOc1cc(Cl)c(C(O)c2ccc(OCOC)c(C3CCCCC3)n2)c(C)c1C. The Kier molecular flexibility index (Phi) is 8.35. The molecular weight excluding hydrogens is 414 g/mol. The molecule has 1 unspecified atom stereocenters. The van der Waals surface area contributed by atoms with Crippen LogP contribution in [0.15, 0.2) is 30.9 Å². The van der Waals surface area contributed by atoms with Crippen molar-refractivity contribution in [3.63, 3.8) is 0 Å². The highest BCUT2D eigenvalue weighted by molar-refractivity contribution is 6.31. The first-order chi connectivity index (χ1) is 15.0. The van der Waals surface area contributed by atoms with Crippen LogP contribution in [0.4, 0.5) is 0 Å². The minimum absolute atomic E-state index is 0.166. The topological polar surface area (TPSA) is 60.8 Å². The van der Waals surface area contributed by atoms with E-state index in [9.17, 15) is 5.11 Å². The van der Waals surface area contributed by atoms with Gasteiger partial charge in [-0.1, -0.05) is 43.5 Å². The van der Waals surface area contributed by atoms with Crippen LogP contribution >= 0.6 is 11.6 Å². The van der Waals surface area contributed by atoms with E-state index in [1.807, 2.05) is 19.9 Å². The Labute approximate surface area is 190 Å². The smallest absolute Gasteiger partial charge is 0.188 e. The summed E-state index contributed by atoms with van der Waals surface area (Å²) in [7, 11) is 1.60. The molecule has 1 heterocycles. The van der Waals surface area contributed by atoms with Crippen LogP contribution in [-0.4, -0.2) is 30.6 Å². The van der Waals surface area contributed by atoms with E-state index in [-0.39, 0.29) is 6.79 Å². The van der Waals surface area contributed by atoms with Gasteiger partial charge in [-0.3, -0.25) is 4.98 Å². The van der Waals surface area contributed by atoms with Crippen LogP contribution < -0.4 is 9.47 Å². The van der Waals surface area contributed by atoms with Crippen molar-refractivity contribution in [2.75, 3.05) is 20.5 Å². The Hall–Kier alpha value is -2.08. The number of hydrogen-bond donors (Lipinski definition) is 1. The predicted molar refractivity (Wildman–Crippen MR) is 123 cm³/mol. The fourth-order valence-corrected chi connectivity index (χ4v) is 4.54. The maximum atomic E-state index is 11.3. The molecule has 0 spiro atoms. The summed E-state index contributed by atoms with van der Waals surface area (Å²) in [5.74, 6) is 1.73. The van der Waals surface area contributed by atoms with Gasteiger partial charge in [-0.15, -0.1) is 0 Å². The molecule has 31 heavy (non-hydrogen) atoms. The van der Waals surface area contributed by atoms with E-state index >= 15 is 0 Å². The summed E-state index contributed by atoms with van der Waals surface area (Å²) in [5.41, 5.74) is 3.93. The lowest BCUT2D eigenvalue weighted by Crippen LogP contribution is -2.14. The van der Waals surface area contributed by atoms with E-state index in [0.29, 0.717) is 34.6 Å². The van der Waals surface area contributed by atoms with Gasteiger partial charge in [0.15, 0.2) is 6.79 Å². The van der Waals surface area contributed by atoms with Gasteiger partial charge in [0.25, 0.3) is 0 Å². The van der Waals surface area contributed by atoms with Crippen molar-refractivity contribution >= 4 is 11.6 Å². The summed E-state index contributed by atoms with van der Waals surface area (Å²) in [6.45, 7) is 8.15. The molecule has 5 nitrogen and oxygen atoms in total. The van der Waals surface area contributed by atoms with Gasteiger partial charge in [0.1, 0.15) is 24.2 Å². The van der Waals surface area contributed by atoms with Crippen molar-refractivity contribution < 1.29 is 19.3 Å². The highest BCUT2D eigenvalue weighted by Gasteiger charge is 2.26. The third kappa shape index (κ3) is 5.40. The minimum Gasteiger partial charge on any atom is -0.489 e. The molecule has 2 aromatic rings. The van der Waals surface area contributed by atoms with Crippen LogP contribution in [0.2, 0.25) is 5.02 Å². The van der Waals surface area contributed by atoms with Crippen molar-refractivity contribution in [1.29, 1.82) is 0 Å². The molecule has 0 saturated heterocycles. The number of rotatable bonds is 9. The number of benzene rings is 1. The molecule has 1 aliphatic carbocycles. The highest BCUT2D eigenvalue weighted by Crippen LogP contribution is 2.40. The number of aliphatic hydroxyl groups is 1. The number of hydrogen-bond acceptors (Lipinski definition) is 5. The van der Waals surface area contributed by atoms with Gasteiger partial charge in [-0.25, -0.2) is 0 Å². The van der Waals surface area contributed by atoms with Gasteiger partial charge < -0.3 is 19.3 Å². The Balaban J connectivity index is 1.98. The van der Waals surface area contributed by atoms with Gasteiger partial charge in [0, 0.05) is 18.6 Å². The summed E-state index contributed by atoms with van der Waals surface area (Å²) >= 11 is 6.58. The van der Waals surface area contributed by atoms with Crippen LogP contribution in [0.3, 0.4) is 0 Å². The van der Waals surface area contributed by atoms with E-state index < -0.39 is 6.10 Å². The molecule has 6 heteroatoms. The summed E-state index contributed by atoms with van der Waals surface area (Å²) in [6.07, 6.45) is 6.50. The molecule has 1 atom stereocenters. The number of nitrogens with zero attached hydrogens (tertiary/aromatic N) is 1. The van der Waals surface area contributed by atoms with Gasteiger partial charge >= 0.3 is 0 Å². The van der Waals surface area contributed by atoms with Crippen molar-refractivity contribution in [2.45, 2.75) is 58.0 Å². The number of methoxy groups -OCH3 is 1. The first-order valence-electron chi connectivity index (χ1n) is 10.8. The minimum atomic E-state index is -0.946. The molecule has 0 radical (unpaired) electrons. The fourth-order valence-electron chi connectivity index (χ4n) is 4.19. The summed E-state index contributed by atoms with van der Waals surface area (Å²) in [5, 5.41) is 11.7.